The summed E-state index contributed by atoms with van der Waals surface area (Å²) in [5, 5.41) is 3.19. The van der Waals surface area contributed by atoms with E-state index in [0.717, 1.165) is 5.69 Å². The molecule has 0 atom stereocenters. The summed E-state index contributed by atoms with van der Waals surface area (Å²) in [6.45, 7) is 6.49. The molecule has 0 aliphatic heterocycles. The molecule has 0 aliphatic carbocycles. The van der Waals surface area contributed by atoms with Gasteiger partial charge in [-0.05, 0) is 50.1 Å². The summed E-state index contributed by atoms with van der Waals surface area (Å²) in [4.78, 5) is 2.25. The average Bonchev–Trinajstić information content (AvgIpc) is 2.37. The fourth-order valence-electron chi connectivity index (χ4n) is 2.70. The lowest BCUT2D eigenvalue weighted by molar-refractivity contribution is 1.15. The predicted octanol–water partition coefficient (Wildman–Crippen LogP) is 4.42. The maximum absolute atomic E-state index is 3.19. The van der Waals surface area contributed by atoms with Gasteiger partial charge in [-0.3, -0.25) is 0 Å². The van der Waals surface area contributed by atoms with E-state index in [-0.39, 0.29) is 0 Å². The van der Waals surface area contributed by atoms with Crippen molar-refractivity contribution in [3.63, 3.8) is 0 Å². The fraction of sp³-hybridized carbons (Fsp3) is 0.294. The molecule has 2 nitrogen and oxygen atoms in total. The second kappa shape index (κ2) is 5.35. The highest BCUT2D eigenvalue weighted by atomic mass is 15.1. The average molecular weight is 254 g/mol. The van der Waals surface area contributed by atoms with E-state index in [1.165, 1.54) is 28.1 Å². The van der Waals surface area contributed by atoms with E-state index in [1.807, 2.05) is 7.05 Å². The van der Waals surface area contributed by atoms with Crippen LogP contribution in [0.1, 0.15) is 16.7 Å². The predicted molar refractivity (Wildman–Crippen MR) is 84.7 cm³/mol. The molecule has 2 aromatic rings. The van der Waals surface area contributed by atoms with E-state index in [4.69, 9.17) is 0 Å². The Labute approximate surface area is 116 Å². The van der Waals surface area contributed by atoms with Crippen molar-refractivity contribution in [3.05, 3.63) is 53.1 Å². The zero-order chi connectivity index (χ0) is 14.0. The molecule has 2 aromatic carbocycles. The van der Waals surface area contributed by atoms with Crippen LogP contribution in [0.3, 0.4) is 0 Å². The standard InChI is InChI=1S/C17H22N2/c1-12-9-13(2)17(14(3)10-12)19(5)16-8-6-7-15(11-16)18-4/h6-11,18H,1-5H3. The molecule has 0 amide bonds. The zero-order valence-corrected chi connectivity index (χ0v) is 12.4. The third-order valence-electron chi connectivity index (χ3n) is 3.49. The van der Waals surface area contributed by atoms with Gasteiger partial charge in [-0.1, -0.05) is 23.8 Å². The molecule has 0 bridgehead atoms. The molecule has 0 saturated heterocycles. The van der Waals surface area contributed by atoms with Crippen LogP contribution in [0.15, 0.2) is 36.4 Å². The van der Waals surface area contributed by atoms with Crippen LogP contribution in [0, 0.1) is 20.8 Å². The van der Waals surface area contributed by atoms with Crippen molar-refractivity contribution >= 4 is 17.1 Å². The van der Waals surface area contributed by atoms with Crippen LogP contribution in [0.4, 0.5) is 17.1 Å². The number of hydrogen-bond donors (Lipinski definition) is 1. The van der Waals surface area contributed by atoms with E-state index in [2.05, 4.69) is 74.4 Å². The zero-order valence-electron chi connectivity index (χ0n) is 12.4. The van der Waals surface area contributed by atoms with Gasteiger partial charge in [-0.2, -0.15) is 0 Å². The van der Waals surface area contributed by atoms with E-state index in [9.17, 15) is 0 Å². The van der Waals surface area contributed by atoms with Gasteiger partial charge in [0.2, 0.25) is 0 Å². The Morgan fingerprint density at radius 2 is 1.58 bits per heavy atom. The van der Waals surface area contributed by atoms with Gasteiger partial charge in [-0.15, -0.1) is 0 Å². The van der Waals surface area contributed by atoms with Crippen LogP contribution in [-0.4, -0.2) is 14.1 Å². The Bertz CT molecular complexity index is 565. The van der Waals surface area contributed by atoms with Crippen molar-refractivity contribution in [1.82, 2.24) is 0 Å². The minimum atomic E-state index is 1.13. The topological polar surface area (TPSA) is 15.3 Å². The van der Waals surface area contributed by atoms with Crippen molar-refractivity contribution in [3.8, 4) is 0 Å². The lowest BCUT2D eigenvalue weighted by Crippen LogP contribution is -2.12. The summed E-state index contributed by atoms with van der Waals surface area (Å²) in [6, 6.07) is 12.9. The second-order valence-corrected chi connectivity index (χ2v) is 5.11. The van der Waals surface area contributed by atoms with E-state index in [0.29, 0.717) is 0 Å². The molecule has 0 aliphatic rings. The number of benzene rings is 2. The molecule has 100 valence electrons. The first kappa shape index (κ1) is 13.5. The van der Waals surface area contributed by atoms with Crippen molar-refractivity contribution < 1.29 is 0 Å². The number of rotatable bonds is 3. The highest BCUT2D eigenvalue weighted by molar-refractivity contribution is 5.71. The summed E-state index contributed by atoms with van der Waals surface area (Å²) < 4.78 is 0. The van der Waals surface area contributed by atoms with Gasteiger partial charge >= 0.3 is 0 Å². The molecule has 19 heavy (non-hydrogen) atoms. The van der Waals surface area contributed by atoms with E-state index < -0.39 is 0 Å². The number of aryl methyl sites for hydroxylation is 3. The SMILES string of the molecule is CNc1cccc(N(C)c2c(C)cc(C)cc2C)c1. The van der Waals surface area contributed by atoms with Crippen LogP contribution in [0.5, 0.6) is 0 Å². The molecule has 0 fully saturated rings. The first-order chi connectivity index (χ1) is 9.02. The Balaban J connectivity index is 2.46. The Morgan fingerprint density at radius 1 is 0.947 bits per heavy atom. The molecule has 0 radical (unpaired) electrons. The first-order valence-corrected chi connectivity index (χ1v) is 6.62. The van der Waals surface area contributed by atoms with Gasteiger partial charge in [0, 0.05) is 31.2 Å². The lowest BCUT2D eigenvalue weighted by atomic mass is 10.0. The van der Waals surface area contributed by atoms with Gasteiger partial charge in [-0.25, -0.2) is 0 Å². The van der Waals surface area contributed by atoms with E-state index in [1.54, 1.807) is 0 Å². The molecule has 2 heteroatoms. The molecular formula is C17H22N2. The second-order valence-electron chi connectivity index (χ2n) is 5.11. The Hall–Kier alpha value is -1.96. The molecular weight excluding hydrogens is 232 g/mol. The molecule has 0 aromatic heterocycles. The molecule has 0 saturated carbocycles. The number of nitrogens with zero attached hydrogens (tertiary/aromatic N) is 1. The van der Waals surface area contributed by atoms with Crippen molar-refractivity contribution in [1.29, 1.82) is 0 Å². The fourth-order valence-corrected chi connectivity index (χ4v) is 2.70. The maximum atomic E-state index is 3.19. The Kier molecular flexibility index (Phi) is 3.79. The minimum Gasteiger partial charge on any atom is -0.388 e. The summed E-state index contributed by atoms with van der Waals surface area (Å²) >= 11 is 0. The van der Waals surface area contributed by atoms with Gasteiger partial charge in [0.05, 0.1) is 0 Å². The first-order valence-electron chi connectivity index (χ1n) is 6.62. The highest BCUT2D eigenvalue weighted by Crippen LogP contribution is 2.31. The normalized spacial score (nSPS) is 10.4. The largest absolute Gasteiger partial charge is 0.388 e. The highest BCUT2D eigenvalue weighted by Gasteiger charge is 2.10. The van der Waals surface area contributed by atoms with Crippen LogP contribution in [0.2, 0.25) is 0 Å². The quantitative estimate of drug-likeness (QED) is 0.872. The lowest BCUT2D eigenvalue weighted by Gasteiger charge is -2.24. The molecule has 1 N–H and O–H groups in total. The maximum Gasteiger partial charge on any atom is 0.0467 e. The van der Waals surface area contributed by atoms with E-state index >= 15 is 0 Å². The summed E-state index contributed by atoms with van der Waals surface area (Å²) in [5.41, 5.74) is 7.56. The monoisotopic (exact) mass is 254 g/mol. The number of anilines is 3. The molecule has 0 heterocycles. The van der Waals surface area contributed by atoms with Crippen LogP contribution < -0.4 is 10.2 Å². The Morgan fingerprint density at radius 3 is 2.16 bits per heavy atom. The minimum absolute atomic E-state index is 1.13. The molecule has 0 unspecified atom stereocenters. The van der Waals surface area contributed by atoms with Gasteiger partial charge < -0.3 is 10.2 Å². The number of nitrogens with one attached hydrogen (secondary N) is 1. The van der Waals surface area contributed by atoms with Crippen LogP contribution >= 0.6 is 0 Å². The van der Waals surface area contributed by atoms with Crippen LogP contribution in [-0.2, 0) is 0 Å². The van der Waals surface area contributed by atoms with Gasteiger partial charge in [0.15, 0.2) is 0 Å². The molecule has 2 rings (SSSR count). The third kappa shape index (κ3) is 2.73. The van der Waals surface area contributed by atoms with Crippen molar-refractivity contribution in [2.24, 2.45) is 0 Å². The van der Waals surface area contributed by atoms with Crippen molar-refractivity contribution in [2.75, 3.05) is 24.3 Å². The van der Waals surface area contributed by atoms with Crippen molar-refractivity contribution in [2.45, 2.75) is 20.8 Å². The van der Waals surface area contributed by atoms with Gasteiger partial charge in [0.25, 0.3) is 0 Å². The summed E-state index contributed by atoms with van der Waals surface area (Å²) in [5.74, 6) is 0. The summed E-state index contributed by atoms with van der Waals surface area (Å²) in [7, 11) is 4.07. The van der Waals surface area contributed by atoms with Gasteiger partial charge in [0.1, 0.15) is 0 Å². The van der Waals surface area contributed by atoms with Crippen LogP contribution in [0.25, 0.3) is 0 Å². The smallest absolute Gasteiger partial charge is 0.0467 e. The summed E-state index contributed by atoms with van der Waals surface area (Å²) in [6.07, 6.45) is 0. The number of hydrogen-bond acceptors (Lipinski definition) is 2. The third-order valence-corrected chi connectivity index (χ3v) is 3.49. The molecule has 0 spiro atoms.